The molecule has 1 heterocycles. The van der Waals surface area contributed by atoms with Gasteiger partial charge in [0.15, 0.2) is 5.82 Å². The first-order chi connectivity index (χ1) is 8.24. The number of aromatic nitrogens is 2. The van der Waals surface area contributed by atoms with Crippen LogP contribution in [0, 0.1) is 5.92 Å². The molecule has 1 N–H and O–H groups in total. The first kappa shape index (κ1) is 10.8. The minimum atomic E-state index is 0.0395. The summed E-state index contributed by atoms with van der Waals surface area (Å²) in [7, 11) is 0. The summed E-state index contributed by atoms with van der Waals surface area (Å²) in [6, 6.07) is 0.766. The fraction of sp³-hybridized carbons (Fsp3) is 0.692. The van der Waals surface area contributed by atoms with E-state index in [0.29, 0.717) is 17.9 Å². The summed E-state index contributed by atoms with van der Waals surface area (Å²) in [4.78, 5) is 16.3. The summed E-state index contributed by atoms with van der Waals surface area (Å²) in [5.41, 5.74) is 0.0395. The molecule has 1 atom stereocenters. The van der Waals surface area contributed by atoms with E-state index < -0.39 is 0 Å². The molecule has 0 aromatic carbocycles. The second-order valence-corrected chi connectivity index (χ2v) is 5.44. The monoisotopic (exact) mass is 233 g/mol. The van der Waals surface area contributed by atoms with Crippen LogP contribution in [-0.2, 0) is 0 Å². The van der Waals surface area contributed by atoms with E-state index in [4.69, 9.17) is 0 Å². The van der Waals surface area contributed by atoms with Crippen molar-refractivity contribution in [3.05, 3.63) is 22.7 Å². The maximum Gasteiger partial charge on any atom is 0.293 e. The van der Waals surface area contributed by atoms with Gasteiger partial charge < -0.3 is 9.88 Å². The lowest BCUT2D eigenvalue weighted by Gasteiger charge is -2.14. The van der Waals surface area contributed by atoms with Crippen LogP contribution in [0.25, 0.3) is 0 Å². The van der Waals surface area contributed by atoms with Gasteiger partial charge in [0.25, 0.3) is 5.56 Å². The van der Waals surface area contributed by atoms with E-state index in [1.807, 2.05) is 4.57 Å². The molecule has 2 saturated carbocycles. The highest BCUT2D eigenvalue weighted by Gasteiger charge is 2.26. The highest BCUT2D eigenvalue weighted by atomic mass is 16.1. The molecule has 1 aromatic rings. The maximum absolute atomic E-state index is 12.1. The van der Waals surface area contributed by atoms with Gasteiger partial charge >= 0.3 is 0 Å². The van der Waals surface area contributed by atoms with E-state index in [2.05, 4.69) is 17.2 Å². The maximum atomic E-state index is 12.1. The highest BCUT2D eigenvalue weighted by Crippen LogP contribution is 2.34. The van der Waals surface area contributed by atoms with Crippen molar-refractivity contribution < 1.29 is 0 Å². The molecule has 4 heteroatoms. The Morgan fingerprint density at radius 1 is 1.47 bits per heavy atom. The van der Waals surface area contributed by atoms with Crippen molar-refractivity contribution in [2.75, 3.05) is 5.32 Å². The van der Waals surface area contributed by atoms with Crippen LogP contribution in [0.5, 0.6) is 0 Å². The average molecular weight is 233 g/mol. The molecule has 0 spiro atoms. The summed E-state index contributed by atoms with van der Waals surface area (Å²) in [6.07, 6.45) is 9.63. The Bertz CT molecular complexity index is 460. The molecule has 1 unspecified atom stereocenters. The molecule has 0 bridgehead atoms. The van der Waals surface area contributed by atoms with Crippen LogP contribution < -0.4 is 10.9 Å². The molecule has 3 rings (SSSR count). The molecule has 0 saturated heterocycles. The van der Waals surface area contributed by atoms with E-state index >= 15 is 0 Å². The molecule has 2 fully saturated rings. The number of nitrogens with zero attached hydrogens (tertiary/aromatic N) is 2. The first-order valence-corrected chi connectivity index (χ1v) is 6.57. The van der Waals surface area contributed by atoms with Crippen LogP contribution in [0.1, 0.15) is 45.1 Å². The smallest absolute Gasteiger partial charge is 0.293 e. The van der Waals surface area contributed by atoms with Crippen molar-refractivity contribution in [1.82, 2.24) is 9.55 Å². The van der Waals surface area contributed by atoms with Crippen LogP contribution in [0.15, 0.2) is 17.2 Å². The van der Waals surface area contributed by atoms with Gasteiger partial charge in [-0.1, -0.05) is 12.8 Å². The SMILES string of the molecule is CC(CC1CC1)Nc1nccn(C2CC2)c1=O. The van der Waals surface area contributed by atoms with Gasteiger partial charge in [-0.05, 0) is 32.1 Å². The largest absolute Gasteiger partial charge is 0.363 e. The molecular weight excluding hydrogens is 214 g/mol. The number of rotatable bonds is 5. The lowest BCUT2D eigenvalue weighted by Crippen LogP contribution is -2.27. The van der Waals surface area contributed by atoms with Gasteiger partial charge in [0.05, 0.1) is 0 Å². The lowest BCUT2D eigenvalue weighted by atomic mass is 10.1. The van der Waals surface area contributed by atoms with Crippen LogP contribution in [0.2, 0.25) is 0 Å². The third-order valence-corrected chi connectivity index (χ3v) is 3.58. The minimum absolute atomic E-state index is 0.0395. The Labute approximate surface area is 101 Å². The molecule has 1 aromatic heterocycles. The minimum Gasteiger partial charge on any atom is -0.363 e. The molecule has 4 nitrogen and oxygen atoms in total. The number of nitrogens with one attached hydrogen (secondary N) is 1. The third-order valence-electron chi connectivity index (χ3n) is 3.58. The van der Waals surface area contributed by atoms with E-state index in [0.717, 1.165) is 25.2 Å². The average Bonchev–Trinajstić information content (AvgIpc) is 3.11. The quantitative estimate of drug-likeness (QED) is 0.848. The van der Waals surface area contributed by atoms with Gasteiger partial charge in [-0.2, -0.15) is 0 Å². The predicted molar refractivity (Wildman–Crippen MR) is 67.2 cm³/mol. The van der Waals surface area contributed by atoms with Crippen molar-refractivity contribution in [2.45, 2.75) is 51.1 Å². The van der Waals surface area contributed by atoms with Crippen molar-refractivity contribution in [2.24, 2.45) is 5.92 Å². The van der Waals surface area contributed by atoms with Gasteiger partial charge in [0.2, 0.25) is 0 Å². The van der Waals surface area contributed by atoms with Crippen molar-refractivity contribution in [3.8, 4) is 0 Å². The van der Waals surface area contributed by atoms with E-state index in [9.17, 15) is 4.79 Å². The predicted octanol–water partition coefficient (Wildman–Crippen LogP) is 2.18. The van der Waals surface area contributed by atoms with Crippen LogP contribution >= 0.6 is 0 Å². The Morgan fingerprint density at radius 2 is 2.24 bits per heavy atom. The van der Waals surface area contributed by atoms with Gasteiger partial charge in [-0.3, -0.25) is 4.79 Å². The number of hydrogen-bond donors (Lipinski definition) is 1. The summed E-state index contributed by atoms with van der Waals surface area (Å²) in [5, 5.41) is 3.26. The Balaban J connectivity index is 1.72. The van der Waals surface area contributed by atoms with Gasteiger partial charge in [0, 0.05) is 24.5 Å². The zero-order chi connectivity index (χ0) is 11.8. The Hall–Kier alpha value is -1.32. The molecule has 92 valence electrons. The second-order valence-electron chi connectivity index (χ2n) is 5.44. The van der Waals surface area contributed by atoms with Crippen molar-refractivity contribution in [3.63, 3.8) is 0 Å². The molecule has 0 aliphatic heterocycles. The van der Waals surface area contributed by atoms with Gasteiger partial charge in [-0.25, -0.2) is 4.98 Å². The summed E-state index contributed by atoms with van der Waals surface area (Å²) >= 11 is 0. The topological polar surface area (TPSA) is 46.9 Å². The third kappa shape index (κ3) is 2.51. The normalized spacial score (nSPS) is 21.2. The molecule has 0 radical (unpaired) electrons. The summed E-state index contributed by atoms with van der Waals surface area (Å²) < 4.78 is 1.82. The molecule has 17 heavy (non-hydrogen) atoms. The van der Waals surface area contributed by atoms with Crippen LogP contribution in [0.4, 0.5) is 5.82 Å². The Kier molecular flexibility index (Phi) is 2.65. The van der Waals surface area contributed by atoms with E-state index in [1.165, 1.54) is 12.8 Å². The molecule has 0 amide bonds. The van der Waals surface area contributed by atoms with E-state index in [1.54, 1.807) is 12.4 Å². The lowest BCUT2D eigenvalue weighted by molar-refractivity contribution is 0.633. The van der Waals surface area contributed by atoms with Crippen molar-refractivity contribution in [1.29, 1.82) is 0 Å². The summed E-state index contributed by atoms with van der Waals surface area (Å²) in [5.74, 6) is 1.39. The standard InChI is InChI=1S/C13H19N3O/c1-9(8-10-2-3-10)15-12-13(17)16(7-6-14-12)11-4-5-11/h6-7,9-11H,2-5,8H2,1H3,(H,14,15). The van der Waals surface area contributed by atoms with Crippen LogP contribution in [0.3, 0.4) is 0 Å². The van der Waals surface area contributed by atoms with E-state index in [-0.39, 0.29) is 5.56 Å². The fourth-order valence-electron chi connectivity index (χ4n) is 2.31. The molecule has 2 aliphatic rings. The first-order valence-electron chi connectivity index (χ1n) is 6.57. The Morgan fingerprint density at radius 3 is 2.88 bits per heavy atom. The molecular formula is C13H19N3O. The van der Waals surface area contributed by atoms with Crippen LogP contribution in [-0.4, -0.2) is 15.6 Å². The van der Waals surface area contributed by atoms with Gasteiger partial charge in [-0.15, -0.1) is 0 Å². The van der Waals surface area contributed by atoms with Gasteiger partial charge in [0.1, 0.15) is 0 Å². The van der Waals surface area contributed by atoms with Crippen molar-refractivity contribution >= 4 is 5.82 Å². The summed E-state index contributed by atoms with van der Waals surface area (Å²) in [6.45, 7) is 2.13. The number of anilines is 1. The fourth-order valence-corrected chi connectivity index (χ4v) is 2.31. The zero-order valence-electron chi connectivity index (χ0n) is 10.2. The zero-order valence-corrected chi connectivity index (χ0v) is 10.2. The highest BCUT2D eigenvalue weighted by molar-refractivity contribution is 5.32. The number of hydrogen-bond acceptors (Lipinski definition) is 3. The molecule has 2 aliphatic carbocycles. The second kappa shape index (κ2) is 4.17.